The Bertz CT molecular complexity index is 1460. The fourth-order valence-corrected chi connectivity index (χ4v) is 6.24. The molecule has 40 heavy (non-hydrogen) atoms. The van der Waals surface area contributed by atoms with E-state index in [1.165, 1.54) is 10.9 Å². The number of amides is 1. The third-order valence-corrected chi connectivity index (χ3v) is 8.50. The maximum Gasteiger partial charge on any atom is 0.251 e. The monoisotopic (exact) mass is 558 g/mol. The van der Waals surface area contributed by atoms with Crippen molar-refractivity contribution in [2.24, 2.45) is 0 Å². The number of nitrogens with one attached hydrogen (secondary N) is 2. The number of aliphatic hydroxyl groups is 1. The number of aromatic nitrogens is 1. The number of ether oxygens (including phenoxy) is 1. The normalized spacial score (nSPS) is 14.6. The lowest BCUT2D eigenvalue weighted by Gasteiger charge is -2.25. The molecule has 0 fully saturated rings. The zero-order chi connectivity index (χ0) is 28.1. The van der Waals surface area contributed by atoms with Crippen molar-refractivity contribution < 1.29 is 14.6 Å². The largest absolute Gasteiger partial charge is 0.497 e. The van der Waals surface area contributed by atoms with Gasteiger partial charge in [-0.1, -0.05) is 42.5 Å². The van der Waals surface area contributed by atoms with Crippen LogP contribution in [0, 0.1) is 0 Å². The Labute approximate surface area is 240 Å². The molecule has 0 saturated heterocycles. The molecular weight excluding hydrogens is 520 g/mol. The number of hydrogen-bond donors (Lipinski definition) is 3. The van der Waals surface area contributed by atoms with Crippen molar-refractivity contribution in [2.45, 2.75) is 45.0 Å². The fourth-order valence-electron chi connectivity index (χ4n) is 5.37. The molecule has 2 atom stereocenters. The Hall–Kier alpha value is -3.46. The first-order valence-corrected chi connectivity index (χ1v) is 14.8. The molecule has 0 bridgehead atoms. The van der Waals surface area contributed by atoms with E-state index in [9.17, 15) is 9.90 Å². The van der Waals surface area contributed by atoms with E-state index in [1.54, 1.807) is 19.1 Å². The van der Waals surface area contributed by atoms with Gasteiger partial charge in [0.05, 0.1) is 30.5 Å². The molecule has 0 aliphatic carbocycles. The Morgan fingerprint density at radius 1 is 1.10 bits per heavy atom. The van der Waals surface area contributed by atoms with Crippen LogP contribution in [0.1, 0.15) is 34.0 Å². The van der Waals surface area contributed by atoms with Gasteiger partial charge in [0.15, 0.2) is 0 Å². The number of anilines is 1. The topological polar surface area (TPSA) is 78.8 Å². The highest BCUT2D eigenvalue weighted by Gasteiger charge is 2.25. The molecule has 0 spiro atoms. The molecule has 1 aliphatic rings. The zero-order valence-corrected chi connectivity index (χ0v) is 24.2. The van der Waals surface area contributed by atoms with Gasteiger partial charge in [-0.15, -0.1) is 0 Å². The Morgan fingerprint density at radius 3 is 2.67 bits per heavy atom. The van der Waals surface area contributed by atoms with Crippen LogP contribution in [0.4, 0.5) is 5.69 Å². The van der Waals surface area contributed by atoms with E-state index in [-0.39, 0.29) is 5.91 Å². The second kappa shape index (κ2) is 12.8. The van der Waals surface area contributed by atoms with Gasteiger partial charge in [-0.3, -0.25) is 4.79 Å². The van der Waals surface area contributed by atoms with E-state index in [2.05, 4.69) is 39.7 Å². The summed E-state index contributed by atoms with van der Waals surface area (Å²) < 4.78 is 9.72. The number of benzene rings is 3. The molecule has 1 aromatic heterocycles. The zero-order valence-electron chi connectivity index (χ0n) is 23.4. The lowest BCUT2D eigenvalue weighted by molar-refractivity contribution is 0.0830. The van der Waals surface area contributed by atoms with Crippen LogP contribution >= 0.6 is 11.9 Å². The Balaban J connectivity index is 1.36. The third-order valence-electron chi connectivity index (χ3n) is 7.53. The predicted molar refractivity (Wildman–Crippen MR) is 164 cm³/mol. The smallest absolute Gasteiger partial charge is 0.251 e. The molecule has 8 heteroatoms. The van der Waals surface area contributed by atoms with Crippen molar-refractivity contribution in [3.8, 4) is 5.75 Å². The maximum atomic E-state index is 13.8. The van der Waals surface area contributed by atoms with Crippen molar-refractivity contribution in [2.75, 3.05) is 30.8 Å². The van der Waals surface area contributed by atoms with Gasteiger partial charge in [-0.2, -0.15) is 0 Å². The maximum absolute atomic E-state index is 13.8. The van der Waals surface area contributed by atoms with Gasteiger partial charge in [0.25, 0.3) is 5.91 Å². The Morgan fingerprint density at radius 2 is 1.90 bits per heavy atom. The minimum absolute atomic E-state index is 0.182. The van der Waals surface area contributed by atoms with E-state index in [1.807, 2.05) is 66.7 Å². The van der Waals surface area contributed by atoms with Crippen molar-refractivity contribution in [3.63, 3.8) is 0 Å². The number of aliphatic hydroxyl groups excluding tert-OH is 1. The summed E-state index contributed by atoms with van der Waals surface area (Å²) in [5.74, 6) is 1.62. The molecule has 5 rings (SSSR count). The summed E-state index contributed by atoms with van der Waals surface area (Å²) >= 11 is 1.77. The quantitative estimate of drug-likeness (QED) is 0.230. The SMILES string of the molecule is CCn1cc2c3c(cc(C(=O)N[C@@H](Cc4ccccc4)[C@H](O)CNCc4cccc(OC)c4)cc31)N(C)SCC2. The molecule has 1 aliphatic heterocycles. The minimum atomic E-state index is -0.788. The van der Waals surface area contributed by atoms with E-state index in [4.69, 9.17) is 4.74 Å². The molecule has 0 radical (unpaired) electrons. The molecule has 210 valence electrons. The molecule has 2 heterocycles. The van der Waals surface area contributed by atoms with Gasteiger partial charge in [-0.05, 0) is 72.7 Å². The predicted octanol–water partition coefficient (Wildman–Crippen LogP) is 4.80. The fraction of sp³-hybridized carbons (Fsp3) is 0.344. The molecule has 3 aromatic carbocycles. The van der Waals surface area contributed by atoms with Crippen molar-refractivity contribution in [3.05, 3.63) is 95.2 Å². The van der Waals surface area contributed by atoms with E-state index in [0.29, 0.717) is 25.1 Å². The van der Waals surface area contributed by atoms with Gasteiger partial charge in [0, 0.05) is 49.6 Å². The van der Waals surface area contributed by atoms with Crippen molar-refractivity contribution >= 4 is 34.4 Å². The van der Waals surface area contributed by atoms with Crippen LogP contribution in [0.2, 0.25) is 0 Å². The average molecular weight is 559 g/mol. The van der Waals surface area contributed by atoms with E-state index >= 15 is 0 Å². The minimum Gasteiger partial charge on any atom is -0.497 e. The summed E-state index contributed by atoms with van der Waals surface area (Å²) in [6.45, 7) is 3.89. The third kappa shape index (κ3) is 6.30. The number of carbonyl (C=O) groups is 1. The lowest BCUT2D eigenvalue weighted by atomic mass is 9.99. The number of methoxy groups -OCH3 is 1. The van der Waals surface area contributed by atoms with Gasteiger partial charge >= 0.3 is 0 Å². The second-order valence-corrected chi connectivity index (χ2v) is 11.4. The van der Waals surface area contributed by atoms with E-state index in [0.717, 1.165) is 46.8 Å². The number of rotatable bonds is 11. The van der Waals surface area contributed by atoms with Crippen LogP contribution < -0.4 is 19.7 Å². The standard InChI is InChI=1S/C32H38N4O3S/c1-4-36-21-24-13-14-40-35(2)28-17-25(18-29(36)31(24)28)32(38)34-27(16-22-9-6-5-7-10-22)30(37)20-33-19-23-11-8-12-26(15-23)39-3/h5-12,15,17-18,21,27,30,33,37H,4,13-14,16,19-20H2,1-3H3,(H,34,38)/t27-,30+/m0/s1. The summed E-state index contributed by atoms with van der Waals surface area (Å²) in [6.07, 6.45) is 2.97. The molecule has 7 nitrogen and oxygen atoms in total. The number of hydrogen-bond acceptors (Lipinski definition) is 6. The van der Waals surface area contributed by atoms with Crippen molar-refractivity contribution in [1.29, 1.82) is 0 Å². The lowest BCUT2D eigenvalue weighted by Crippen LogP contribution is -2.48. The van der Waals surface area contributed by atoms with Crippen molar-refractivity contribution in [1.82, 2.24) is 15.2 Å². The molecule has 0 unspecified atom stereocenters. The van der Waals surface area contributed by atoms with Crippen LogP contribution in [0.5, 0.6) is 5.75 Å². The van der Waals surface area contributed by atoms with Gasteiger partial charge in [0.2, 0.25) is 0 Å². The molecule has 0 saturated carbocycles. The highest BCUT2D eigenvalue weighted by atomic mass is 32.2. The highest BCUT2D eigenvalue weighted by Crippen LogP contribution is 2.38. The Kier molecular flexibility index (Phi) is 8.99. The first-order chi connectivity index (χ1) is 19.5. The van der Waals surface area contributed by atoms with Crippen LogP contribution in [-0.2, 0) is 25.9 Å². The first-order valence-electron chi connectivity index (χ1n) is 13.9. The first kappa shape index (κ1) is 28.1. The highest BCUT2D eigenvalue weighted by molar-refractivity contribution is 8.00. The van der Waals surface area contributed by atoms with Gasteiger partial charge in [0.1, 0.15) is 5.75 Å². The summed E-state index contributed by atoms with van der Waals surface area (Å²) in [7, 11) is 3.71. The molecular formula is C32H38N4O3S. The summed E-state index contributed by atoms with van der Waals surface area (Å²) in [5, 5.41) is 19.0. The number of aryl methyl sites for hydroxylation is 2. The average Bonchev–Trinajstić information content (AvgIpc) is 3.25. The number of carbonyl (C=O) groups excluding carboxylic acids is 1. The summed E-state index contributed by atoms with van der Waals surface area (Å²) in [4.78, 5) is 13.8. The van der Waals surface area contributed by atoms with Crippen LogP contribution in [-0.4, -0.2) is 54.2 Å². The van der Waals surface area contributed by atoms with Crippen LogP contribution in [0.25, 0.3) is 10.9 Å². The second-order valence-electron chi connectivity index (χ2n) is 10.2. The van der Waals surface area contributed by atoms with Gasteiger partial charge < -0.3 is 29.3 Å². The molecule has 4 aromatic rings. The summed E-state index contributed by atoms with van der Waals surface area (Å²) in [5.41, 5.74) is 6.19. The molecule has 3 N–H and O–H groups in total. The summed E-state index contributed by atoms with van der Waals surface area (Å²) in [6, 6.07) is 21.3. The van der Waals surface area contributed by atoms with Gasteiger partial charge in [-0.25, -0.2) is 0 Å². The number of nitrogens with zero attached hydrogens (tertiary/aromatic N) is 2. The van der Waals surface area contributed by atoms with Crippen LogP contribution in [0.15, 0.2) is 72.9 Å². The van der Waals surface area contributed by atoms with E-state index < -0.39 is 12.1 Å². The van der Waals surface area contributed by atoms with Crippen LogP contribution in [0.3, 0.4) is 0 Å². The molecule has 1 amide bonds.